The van der Waals surface area contributed by atoms with Crippen LogP contribution in [0.1, 0.15) is 80.1 Å². The fourth-order valence-corrected chi connectivity index (χ4v) is 6.70. The van der Waals surface area contributed by atoms with Gasteiger partial charge in [-0.3, -0.25) is 4.79 Å². The maximum atomic E-state index is 11.6. The third-order valence-electron chi connectivity index (χ3n) is 7.95. The normalized spacial score (nSPS) is 32.1. The highest BCUT2D eigenvalue weighted by Crippen LogP contribution is 2.58. The molecule has 0 aromatic heterocycles. The Kier molecular flexibility index (Phi) is 7.83. The summed E-state index contributed by atoms with van der Waals surface area (Å²) in [5.74, 6) is 1.02. The van der Waals surface area contributed by atoms with Gasteiger partial charge in [-0.15, -0.1) is 0 Å². The van der Waals surface area contributed by atoms with Crippen LogP contribution in [0.5, 0.6) is 0 Å². The Morgan fingerprint density at radius 3 is 2.50 bits per heavy atom. The van der Waals surface area contributed by atoms with Crippen LogP contribution in [0.3, 0.4) is 0 Å². The molecule has 0 amide bonds. The summed E-state index contributed by atoms with van der Waals surface area (Å²) >= 11 is 0. The van der Waals surface area contributed by atoms with Gasteiger partial charge in [0.05, 0.1) is 25.7 Å². The average Bonchev–Trinajstić information content (AvgIpc) is 2.92. The lowest BCUT2D eigenvalue weighted by molar-refractivity contribution is -0.145. The average molecular weight is 413 g/mol. The van der Waals surface area contributed by atoms with E-state index in [-0.39, 0.29) is 22.5 Å². The van der Waals surface area contributed by atoms with Gasteiger partial charge in [0.2, 0.25) is 0 Å². The molecule has 2 fully saturated rings. The Balaban J connectivity index is 1.99. The smallest absolute Gasteiger partial charge is 0.308 e. The van der Waals surface area contributed by atoms with Crippen molar-refractivity contribution in [1.82, 2.24) is 0 Å². The molecule has 2 aliphatic rings. The molecule has 1 unspecified atom stereocenters. The number of hydrogen-bond donors (Lipinski definition) is 0. The van der Waals surface area contributed by atoms with Crippen LogP contribution >= 0.6 is 0 Å². The molecule has 2 aliphatic carbocycles. The molecule has 0 bridgehead atoms. The fraction of sp³-hybridized carbons (Fsp3) is 0.957. The second kappa shape index (κ2) is 9.17. The lowest BCUT2D eigenvalue weighted by Gasteiger charge is -2.49. The van der Waals surface area contributed by atoms with Gasteiger partial charge in [0, 0.05) is 6.10 Å². The first-order valence-electron chi connectivity index (χ1n) is 11.4. The molecule has 28 heavy (non-hydrogen) atoms. The highest BCUT2D eigenvalue weighted by molar-refractivity contribution is 6.74. The molecular weight excluding hydrogens is 368 g/mol. The highest BCUT2D eigenvalue weighted by atomic mass is 28.4. The molecule has 0 radical (unpaired) electrons. The number of fused-ring (bicyclic) bond motifs is 1. The molecule has 0 N–H and O–H groups in total. The highest BCUT2D eigenvalue weighted by Gasteiger charge is 2.54. The van der Waals surface area contributed by atoms with E-state index in [4.69, 9.17) is 13.9 Å². The van der Waals surface area contributed by atoms with E-state index >= 15 is 0 Å². The minimum Gasteiger partial charge on any atom is -0.466 e. The molecule has 5 atom stereocenters. The number of hydrogen-bond acceptors (Lipinski definition) is 4. The zero-order chi connectivity index (χ0) is 21.2. The summed E-state index contributed by atoms with van der Waals surface area (Å²) < 4.78 is 18.1. The number of carbonyl (C=O) groups is 1. The van der Waals surface area contributed by atoms with Crippen molar-refractivity contribution in [3.8, 4) is 0 Å². The minimum absolute atomic E-state index is 0.161. The first kappa shape index (κ1) is 23.9. The lowest BCUT2D eigenvalue weighted by Crippen LogP contribution is -2.50. The SMILES string of the molecule is CCOC(=O)CCO[C@@H](C)[C@H]1CC[C@H]2C(O[Si](C)(C)C(C)(C)C)CCC[C@]12C. The van der Waals surface area contributed by atoms with E-state index in [0.29, 0.717) is 37.6 Å². The predicted octanol–water partition coefficient (Wildman–Crippen LogP) is 5.95. The van der Waals surface area contributed by atoms with Crippen molar-refractivity contribution < 1.29 is 18.7 Å². The van der Waals surface area contributed by atoms with Gasteiger partial charge >= 0.3 is 5.97 Å². The van der Waals surface area contributed by atoms with E-state index in [1.54, 1.807) is 0 Å². The van der Waals surface area contributed by atoms with Gasteiger partial charge in [-0.05, 0) is 74.9 Å². The molecule has 4 nitrogen and oxygen atoms in total. The van der Waals surface area contributed by atoms with Crippen LogP contribution in [0.4, 0.5) is 0 Å². The molecule has 0 aromatic carbocycles. The predicted molar refractivity (Wildman–Crippen MR) is 117 cm³/mol. The van der Waals surface area contributed by atoms with E-state index in [9.17, 15) is 4.79 Å². The van der Waals surface area contributed by atoms with Gasteiger partial charge in [-0.2, -0.15) is 0 Å². The van der Waals surface area contributed by atoms with Crippen molar-refractivity contribution in [3.05, 3.63) is 0 Å². The minimum atomic E-state index is -1.76. The number of rotatable bonds is 8. The summed E-state index contributed by atoms with van der Waals surface area (Å²) in [6.07, 6.45) is 7.10. The first-order valence-corrected chi connectivity index (χ1v) is 14.3. The molecule has 2 rings (SSSR count). The van der Waals surface area contributed by atoms with Gasteiger partial charge in [0.1, 0.15) is 0 Å². The summed E-state index contributed by atoms with van der Waals surface area (Å²) in [7, 11) is -1.76. The molecule has 0 spiro atoms. The van der Waals surface area contributed by atoms with E-state index in [0.717, 1.165) is 0 Å². The van der Waals surface area contributed by atoms with Crippen LogP contribution in [0.25, 0.3) is 0 Å². The summed E-state index contributed by atoms with van der Waals surface area (Å²) in [4.78, 5) is 11.6. The maximum absolute atomic E-state index is 11.6. The summed E-state index contributed by atoms with van der Waals surface area (Å²) in [6, 6.07) is 0. The van der Waals surface area contributed by atoms with Crippen LogP contribution in [-0.2, 0) is 18.7 Å². The standard InChI is InChI=1S/C23H44O4Si/c1-9-25-21(24)14-16-26-17(2)18-12-13-19-20(11-10-15-23(18,19)6)27-28(7,8)22(3,4)5/h17-20H,9-16H2,1-8H3/t17-,18+,19-,20?,23+/m0/s1. The molecule has 5 heteroatoms. The number of carbonyl (C=O) groups excluding carboxylic acids is 1. The Morgan fingerprint density at radius 1 is 1.21 bits per heavy atom. The Labute approximate surface area is 174 Å². The Hall–Kier alpha value is -0.393. The Bertz CT molecular complexity index is 527. The first-order chi connectivity index (χ1) is 12.9. The maximum Gasteiger partial charge on any atom is 0.308 e. The monoisotopic (exact) mass is 412 g/mol. The number of esters is 1. The van der Waals surface area contributed by atoms with E-state index in [1.807, 2.05) is 6.92 Å². The van der Waals surface area contributed by atoms with Crippen LogP contribution in [0, 0.1) is 17.3 Å². The third kappa shape index (κ3) is 5.20. The quantitative estimate of drug-likeness (QED) is 0.365. The van der Waals surface area contributed by atoms with E-state index in [1.165, 1.54) is 32.1 Å². The summed E-state index contributed by atoms with van der Waals surface area (Å²) in [5, 5.41) is 0.252. The van der Waals surface area contributed by atoms with Crippen molar-refractivity contribution in [1.29, 1.82) is 0 Å². The lowest BCUT2D eigenvalue weighted by atomic mass is 9.63. The van der Waals surface area contributed by atoms with Crippen LogP contribution < -0.4 is 0 Å². The molecular formula is C23H44O4Si. The van der Waals surface area contributed by atoms with E-state index < -0.39 is 8.32 Å². The van der Waals surface area contributed by atoms with Gasteiger partial charge in [-0.1, -0.05) is 34.1 Å². The van der Waals surface area contributed by atoms with Gasteiger partial charge < -0.3 is 13.9 Å². The van der Waals surface area contributed by atoms with Crippen LogP contribution in [0.2, 0.25) is 18.1 Å². The van der Waals surface area contributed by atoms with Crippen molar-refractivity contribution in [3.63, 3.8) is 0 Å². The summed E-state index contributed by atoms with van der Waals surface area (Å²) in [6.45, 7) is 19.2. The molecule has 164 valence electrons. The molecule has 0 aliphatic heterocycles. The fourth-order valence-electron chi connectivity index (χ4n) is 5.30. The zero-order valence-corrected chi connectivity index (χ0v) is 20.6. The van der Waals surface area contributed by atoms with Gasteiger partial charge in [0.25, 0.3) is 0 Å². The molecule has 0 heterocycles. The van der Waals surface area contributed by atoms with Crippen molar-refractivity contribution >= 4 is 14.3 Å². The van der Waals surface area contributed by atoms with Gasteiger partial charge in [0.15, 0.2) is 8.32 Å². The second-order valence-electron chi connectivity index (χ2n) is 10.7. The molecule has 2 saturated carbocycles. The third-order valence-corrected chi connectivity index (χ3v) is 12.5. The zero-order valence-electron chi connectivity index (χ0n) is 19.6. The second-order valence-corrected chi connectivity index (χ2v) is 15.5. The topological polar surface area (TPSA) is 44.8 Å². The molecule has 0 aromatic rings. The van der Waals surface area contributed by atoms with Crippen LogP contribution in [-0.4, -0.2) is 39.7 Å². The Morgan fingerprint density at radius 2 is 1.89 bits per heavy atom. The molecule has 0 saturated heterocycles. The van der Waals surface area contributed by atoms with Gasteiger partial charge in [-0.25, -0.2) is 0 Å². The summed E-state index contributed by atoms with van der Waals surface area (Å²) in [5.41, 5.74) is 0.286. The number of ether oxygens (including phenoxy) is 2. The van der Waals surface area contributed by atoms with Crippen molar-refractivity contribution in [2.24, 2.45) is 17.3 Å². The van der Waals surface area contributed by atoms with Crippen molar-refractivity contribution in [2.45, 2.75) is 110 Å². The van der Waals surface area contributed by atoms with Crippen LogP contribution in [0.15, 0.2) is 0 Å². The largest absolute Gasteiger partial charge is 0.466 e. The van der Waals surface area contributed by atoms with Crippen molar-refractivity contribution in [2.75, 3.05) is 13.2 Å². The van der Waals surface area contributed by atoms with E-state index in [2.05, 4.69) is 47.7 Å².